The van der Waals surface area contributed by atoms with Crippen molar-refractivity contribution in [3.63, 3.8) is 0 Å². The Kier molecular flexibility index (Phi) is 5.08. The van der Waals surface area contributed by atoms with E-state index in [2.05, 4.69) is 46.9 Å². The van der Waals surface area contributed by atoms with Crippen LogP contribution in [0.1, 0.15) is 64.7 Å². The number of amides is 1. The summed E-state index contributed by atoms with van der Waals surface area (Å²) in [4.78, 5) is 11.5. The van der Waals surface area contributed by atoms with Gasteiger partial charge >= 0.3 is 0 Å². The summed E-state index contributed by atoms with van der Waals surface area (Å²) in [6.45, 7) is 12.6. The summed E-state index contributed by atoms with van der Waals surface area (Å²) in [7, 11) is 1.65. The Bertz CT molecular complexity index is 484. The van der Waals surface area contributed by atoms with Gasteiger partial charge in [0.2, 0.25) is 5.91 Å². The van der Waals surface area contributed by atoms with E-state index in [0.29, 0.717) is 18.6 Å². The third-order valence-electron chi connectivity index (χ3n) is 3.71. The quantitative estimate of drug-likeness (QED) is 0.892. The minimum Gasteiger partial charge on any atom is -0.507 e. The van der Waals surface area contributed by atoms with Gasteiger partial charge in [0.05, 0.1) is 0 Å². The van der Waals surface area contributed by atoms with Gasteiger partial charge in [0, 0.05) is 13.5 Å². The van der Waals surface area contributed by atoms with Crippen molar-refractivity contribution < 1.29 is 9.90 Å². The standard InChI is InChI=1S/C18H29NO2/c1-17(2,3)13-10-12(8-9-15(20)19-7)11-14(16(13)21)18(4,5)6/h10-11,21H,8-9H2,1-7H3,(H,19,20). The number of aryl methyl sites for hydroxylation is 1. The highest BCUT2D eigenvalue weighted by atomic mass is 16.3. The Morgan fingerprint density at radius 1 is 1.05 bits per heavy atom. The first-order valence-electron chi connectivity index (χ1n) is 7.54. The molecule has 0 unspecified atom stereocenters. The molecule has 21 heavy (non-hydrogen) atoms. The van der Waals surface area contributed by atoms with Gasteiger partial charge in [0.15, 0.2) is 0 Å². The summed E-state index contributed by atoms with van der Waals surface area (Å²) >= 11 is 0. The van der Waals surface area contributed by atoms with E-state index in [1.807, 2.05) is 12.1 Å². The first kappa shape index (κ1) is 17.5. The van der Waals surface area contributed by atoms with Crippen LogP contribution in [0, 0.1) is 0 Å². The molecule has 0 aromatic heterocycles. The molecule has 0 aliphatic rings. The Morgan fingerprint density at radius 2 is 1.48 bits per heavy atom. The topological polar surface area (TPSA) is 49.3 Å². The summed E-state index contributed by atoms with van der Waals surface area (Å²) in [5.41, 5.74) is 2.73. The zero-order valence-electron chi connectivity index (χ0n) is 14.4. The van der Waals surface area contributed by atoms with Crippen LogP contribution < -0.4 is 5.32 Å². The van der Waals surface area contributed by atoms with Crippen molar-refractivity contribution in [1.29, 1.82) is 0 Å². The van der Waals surface area contributed by atoms with Crippen molar-refractivity contribution in [2.75, 3.05) is 7.05 Å². The molecule has 118 valence electrons. The van der Waals surface area contributed by atoms with E-state index in [4.69, 9.17) is 0 Å². The lowest BCUT2D eigenvalue weighted by Gasteiger charge is -2.28. The van der Waals surface area contributed by atoms with Gasteiger partial charge in [-0.3, -0.25) is 4.79 Å². The average molecular weight is 291 g/mol. The molecule has 1 aromatic carbocycles. The monoisotopic (exact) mass is 291 g/mol. The minimum atomic E-state index is -0.132. The van der Waals surface area contributed by atoms with Crippen molar-refractivity contribution in [2.24, 2.45) is 0 Å². The minimum absolute atomic E-state index is 0.0395. The van der Waals surface area contributed by atoms with Crippen LogP contribution >= 0.6 is 0 Å². The number of carbonyl (C=O) groups excluding carboxylic acids is 1. The number of rotatable bonds is 3. The van der Waals surface area contributed by atoms with Gasteiger partial charge in [-0.05, 0) is 33.9 Å². The number of benzene rings is 1. The Balaban J connectivity index is 3.31. The van der Waals surface area contributed by atoms with E-state index >= 15 is 0 Å². The summed E-state index contributed by atoms with van der Waals surface area (Å²) in [5, 5.41) is 13.3. The zero-order chi connectivity index (χ0) is 16.4. The van der Waals surface area contributed by atoms with E-state index in [-0.39, 0.29) is 16.7 Å². The van der Waals surface area contributed by atoms with E-state index in [9.17, 15) is 9.90 Å². The van der Waals surface area contributed by atoms with Gasteiger partial charge in [-0.15, -0.1) is 0 Å². The zero-order valence-corrected chi connectivity index (χ0v) is 14.4. The highest BCUT2D eigenvalue weighted by Crippen LogP contribution is 2.39. The van der Waals surface area contributed by atoms with E-state index in [1.54, 1.807) is 7.05 Å². The molecule has 0 saturated carbocycles. The fraction of sp³-hybridized carbons (Fsp3) is 0.611. The number of phenols is 1. The maximum atomic E-state index is 11.5. The third-order valence-corrected chi connectivity index (χ3v) is 3.71. The molecule has 1 amide bonds. The molecule has 0 fully saturated rings. The molecule has 0 atom stereocenters. The molecule has 0 aliphatic heterocycles. The van der Waals surface area contributed by atoms with Crippen LogP contribution in [0.2, 0.25) is 0 Å². The number of phenolic OH excluding ortho intramolecular Hbond substituents is 1. The maximum Gasteiger partial charge on any atom is 0.220 e. The second-order valence-electron chi connectivity index (χ2n) is 7.71. The van der Waals surface area contributed by atoms with Crippen LogP contribution in [0.4, 0.5) is 0 Å². The van der Waals surface area contributed by atoms with Gasteiger partial charge < -0.3 is 10.4 Å². The molecule has 0 saturated heterocycles. The molecule has 1 aromatic rings. The molecule has 0 heterocycles. The summed E-state index contributed by atoms with van der Waals surface area (Å²) in [6, 6.07) is 4.07. The first-order chi connectivity index (χ1) is 9.46. The Hall–Kier alpha value is -1.51. The van der Waals surface area contributed by atoms with Gasteiger partial charge in [-0.1, -0.05) is 53.7 Å². The van der Waals surface area contributed by atoms with Crippen molar-refractivity contribution in [3.8, 4) is 5.75 Å². The van der Waals surface area contributed by atoms with E-state index < -0.39 is 0 Å². The van der Waals surface area contributed by atoms with Crippen molar-refractivity contribution in [3.05, 3.63) is 28.8 Å². The molecule has 3 nitrogen and oxygen atoms in total. The molecule has 0 bridgehead atoms. The van der Waals surface area contributed by atoms with E-state index in [0.717, 1.165) is 16.7 Å². The van der Waals surface area contributed by atoms with Crippen LogP contribution in [0.25, 0.3) is 0 Å². The highest BCUT2D eigenvalue weighted by Gasteiger charge is 2.26. The van der Waals surface area contributed by atoms with Crippen LogP contribution in [-0.2, 0) is 22.0 Å². The molecular weight excluding hydrogens is 262 g/mol. The highest BCUT2D eigenvalue weighted by molar-refractivity contribution is 5.75. The predicted molar refractivity (Wildman–Crippen MR) is 87.9 cm³/mol. The molecule has 2 N–H and O–H groups in total. The molecule has 0 aliphatic carbocycles. The lowest BCUT2D eigenvalue weighted by Crippen LogP contribution is -2.20. The fourth-order valence-electron chi connectivity index (χ4n) is 2.36. The van der Waals surface area contributed by atoms with Crippen molar-refractivity contribution in [2.45, 2.75) is 65.2 Å². The SMILES string of the molecule is CNC(=O)CCc1cc(C(C)(C)C)c(O)c(C(C)(C)C)c1. The van der Waals surface area contributed by atoms with Crippen LogP contribution in [0.15, 0.2) is 12.1 Å². The summed E-state index contributed by atoms with van der Waals surface area (Å²) in [6.07, 6.45) is 1.15. The van der Waals surface area contributed by atoms with Crippen LogP contribution in [0.3, 0.4) is 0 Å². The van der Waals surface area contributed by atoms with Crippen molar-refractivity contribution in [1.82, 2.24) is 5.32 Å². The lowest BCUT2D eigenvalue weighted by molar-refractivity contribution is -0.120. The number of carbonyl (C=O) groups is 1. The third kappa shape index (κ3) is 4.48. The molecular formula is C18H29NO2. The summed E-state index contributed by atoms with van der Waals surface area (Å²) < 4.78 is 0. The van der Waals surface area contributed by atoms with Gasteiger partial charge in [-0.2, -0.15) is 0 Å². The van der Waals surface area contributed by atoms with Gasteiger partial charge in [0.1, 0.15) is 5.75 Å². The number of nitrogens with one attached hydrogen (secondary N) is 1. The largest absolute Gasteiger partial charge is 0.507 e. The predicted octanol–water partition coefficient (Wildman–Crippen LogP) is 3.67. The molecule has 0 radical (unpaired) electrons. The molecule has 1 rings (SSSR count). The first-order valence-corrected chi connectivity index (χ1v) is 7.54. The Labute approximate surface area is 128 Å². The maximum absolute atomic E-state index is 11.5. The second-order valence-corrected chi connectivity index (χ2v) is 7.71. The van der Waals surface area contributed by atoms with Gasteiger partial charge in [0.25, 0.3) is 0 Å². The average Bonchev–Trinajstić information content (AvgIpc) is 2.34. The van der Waals surface area contributed by atoms with Crippen LogP contribution in [-0.4, -0.2) is 18.1 Å². The number of hydrogen-bond acceptors (Lipinski definition) is 2. The van der Waals surface area contributed by atoms with Crippen molar-refractivity contribution >= 4 is 5.91 Å². The van der Waals surface area contributed by atoms with E-state index in [1.165, 1.54) is 0 Å². The number of aromatic hydroxyl groups is 1. The second kappa shape index (κ2) is 6.08. The molecule has 0 spiro atoms. The van der Waals surface area contributed by atoms with Crippen LogP contribution in [0.5, 0.6) is 5.75 Å². The molecule has 3 heteroatoms. The van der Waals surface area contributed by atoms with Gasteiger partial charge in [-0.25, -0.2) is 0 Å². The fourth-order valence-corrected chi connectivity index (χ4v) is 2.36. The lowest BCUT2D eigenvalue weighted by atomic mass is 9.78. The smallest absolute Gasteiger partial charge is 0.220 e. The Morgan fingerprint density at radius 3 is 1.81 bits per heavy atom. The summed E-state index contributed by atoms with van der Waals surface area (Å²) in [5.74, 6) is 0.427. The normalized spacial score (nSPS) is 12.3. The number of hydrogen-bond donors (Lipinski definition) is 2.